The highest BCUT2D eigenvalue weighted by atomic mass is 16.7. The van der Waals surface area contributed by atoms with E-state index in [2.05, 4.69) is 45.2 Å². The van der Waals surface area contributed by atoms with E-state index in [1.54, 1.807) is 25.0 Å². The summed E-state index contributed by atoms with van der Waals surface area (Å²) in [6.45, 7) is 7.81. The van der Waals surface area contributed by atoms with Gasteiger partial charge in [-0.15, -0.1) is 0 Å². The minimum Gasteiger partial charge on any atom is -0.481 e. The molecule has 19 nitrogen and oxygen atoms in total. The van der Waals surface area contributed by atoms with E-state index in [0.29, 0.717) is 57.8 Å². The Labute approximate surface area is 464 Å². The number of carboxylic acid groups (broad SMARTS) is 1. The zero-order chi connectivity index (χ0) is 56.2. The number of aromatic nitrogens is 4. The molecule has 1 amide bonds. The van der Waals surface area contributed by atoms with Crippen LogP contribution in [0.5, 0.6) is 0 Å². The number of carbonyl (C=O) groups excluding carboxylic acids is 1. The highest BCUT2D eigenvalue weighted by molar-refractivity contribution is 5.86. The van der Waals surface area contributed by atoms with Crippen molar-refractivity contribution in [3.05, 3.63) is 48.1 Å². The molecule has 440 valence electrons. The van der Waals surface area contributed by atoms with Gasteiger partial charge in [0.05, 0.1) is 49.6 Å². The number of carboxylic acids is 1. The molecule has 0 unspecified atom stereocenters. The van der Waals surface area contributed by atoms with Crippen LogP contribution in [0.3, 0.4) is 0 Å². The Hall–Kier alpha value is -3.34. The van der Waals surface area contributed by atoms with Gasteiger partial charge in [-0.05, 0) is 153 Å². The fourth-order valence-electron chi connectivity index (χ4n) is 20.8. The number of nitrogens with one attached hydrogen (secondary N) is 3. The molecule has 14 N–H and O–H groups in total. The van der Waals surface area contributed by atoms with Gasteiger partial charge in [0, 0.05) is 47.8 Å². The van der Waals surface area contributed by atoms with Gasteiger partial charge in [0.15, 0.2) is 6.29 Å². The number of imidazole rings is 2. The lowest BCUT2D eigenvalue weighted by atomic mass is 9.28. The summed E-state index contributed by atoms with van der Waals surface area (Å²) in [7, 11) is 0. The summed E-state index contributed by atoms with van der Waals surface area (Å²) < 4.78 is 13.0. The molecule has 9 aliphatic rings. The Morgan fingerprint density at radius 3 is 2.22 bits per heavy atom. The summed E-state index contributed by atoms with van der Waals surface area (Å²) in [5.41, 5.74) is 2.45. The number of fused-ring (bicyclic) bond motifs is 7. The third kappa shape index (κ3) is 8.55. The molecule has 2 aromatic heterocycles. The van der Waals surface area contributed by atoms with E-state index in [0.717, 1.165) is 61.9 Å². The van der Waals surface area contributed by atoms with Crippen molar-refractivity contribution in [1.29, 1.82) is 0 Å². The van der Waals surface area contributed by atoms with Crippen LogP contribution in [-0.2, 0) is 25.5 Å². The lowest BCUT2D eigenvalue weighted by Crippen LogP contribution is -2.76. The molecule has 0 bridgehead atoms. The SMILES string of the molecule is C[C@]1(CO)C[C@@H](O)[C@]2(C(=O)O)C[C@H](Cc3cnc[nH]3)[C@]3(C)C(=CC[C@@H]4[C@@]5(C6CCCCC6)[C@H](C[C@@H]6[C@@H]([C@H](CC[C@@H](N)O)c7cnc[nH]7)NC(=O)C67CCCC7)[C@@H](O)[C@@H](O[C@@H]6OC[C@@H](O)[C@H](O)[C@H]6O)[C@@](C)(CO)[C@H]5CC[C@]43C)[C@@H]2C1. The number of hydrogen-bond acceptors (Lipinski definition) is 15. The summed E-state index contributed by atoms with van der Waals surface area (Å²) in [4.78, 5) is 45.0. The van der Waals surface area contributed by atoms with Crippen molar-refractivity contribution in [1.82, 2.24) is 25.3 Å². The van der Waals surface area contributed by atoms with Crippen molar-refractivity contribution in [2.24, 2.45) is 85.1 Å². The van der Waals surface area contributed by atoms with Gasteiger partial charge in [0.25, 0.3) is 0 Å². The quantitative estimate of drug-likeness (QED) is 0.0676. The van der Waals surface area contributed by atoms with Crippen LogP contribution in [0.1, 0.15) is 161 Å². The van der Waals surface area contributed by atoms with Crippen molar-refractivity contribution in [3.63, 3.8) is 0 Å². The normalized spacial score (nSPS) is 46.6. The second-order valence-electron chi connectivity index (χ2n) is 28.0. The molecule has 8 fully saturated rings. The summed E-state index contributed by atoms with van der Waals surface area (Å²) in [6, 6.07) is -0.463. The second-order valence-corrected chi connectivity index (χ2v) is 28.0. The van der Waals surface area contributed by atoms with Gasteiger partial charge in [0.1, 0.15) is 30.0 Å². The molecule has 22 atom stereocenters. The van der Waals surface area contributed by atoms with Crippen LogP contribution in [0.25, 0.3) is 0 Å². The van der Waals surface area contributed by atoms with Crippen LogP contribution in [0.2, 0.25) is 0 Å². The third-order valence-corrected chi connectivity index (χ3v) is 24.7. The molecule has 6 saturated carbocycles. The summed E-state index contributed by atoms with van der Waals surface area (Å²) in [6.07, 6.45) is 10.1. The predicted octanol–water partition coefficient (Wildman–Crippen LogP) is 4.19. The molecule has 4 heterocycles. The first-order chi connectivity index (χ1) is 37.6. The number of aromatic amines is 2. The lowest BCUT2D eigenvalue weighted by Gasteiger charge is -2.77. The number of aliphatic hydroxyl groups is 8. The third-order valence-electron chi connectivity index (χ3n) is 24.7. The number of ether oxygens (including phenoxy) is 2. The number of nitrogens with zero attached hydrogens (tertiary/aromatic N) is 2. The van der Waals surface area contributed by atoms with Crippen molar-refractivity contribution in [3.8, 4) is 0 Å². The first-order valence-corrected chi connectivity index (χ1v) is 30.1. The van der Waals surface area contributed by atoms with E-state index in [4.69, 9.17) is 15.2 Å². The van der Waals surface area contributed by atoms with E-state index >= 15 is 4.79 Å². The number of H-pyrrole nitrogens is 2. The average Bonchev–Trinajstić information content (AvgIpc) is 4.38. The number of allylic oxidation sites excluding steroid dienone is 2. The predicted molar refractivity (Wildman–Crippen MR) is 288 cm³/mol. The first-order valence-electron chi connectivity index (χ1n) is 30.1. The van der Waals surface area contributed by atoms with Crippen LogP contribution >= 0.6 is 0 Å². The monoisotopic (exact) mass is 1100 g/mol. The van der Waals surface area contributed by atoms with Gasteiger partial charge in [-0.1, -0.05) is 71.4 Å². The van der Waals surface area contributed by atoms with Gasteiger partial charge < -0.3 is 76.5 Å². The van der Waals surface area contributed by atoms with E-state index in [1.807, 2.05) is 13.8 Å². The standard InChI is InChI=1S/C60H92N6O13/c1-54(28-67)23-39-36-13-14-43-56(3,57(36,4)33(20-34-25-62-30-64-34)22-59(39,53(76)77)44(70)24-54)19-16-42-55(2,29-68)50(79-51-49(74)48(73)41(69)27-78-51)47(72)38(60(42,43)32-10-6-5-7-11-32)21-37-46(66-52(75)58(37)17-8-9-18-58)35(12-15-45(61)71)40-26-63-31-65-40/h13,25-26,30-33,35,37-39,41-51,67-74H,5-12,14-24,27-29,61H2,1-4H3,(H,62,64)(H,63,65)(H,66,75)(H,76,77)/t33-,35+,37+,38+,39-,41+,42+,43-,44+,45-,46+,47+,48-,49+,50+,51-,54+,55-,56+,57+,59-,60-/m0/s1. The maximum atomic E-state index is 15.2. The van der Waals surface area contributed by atoms with E-state index < -0.39 is 111 Å². The van der Waals surface area contributed by atoms with Gasteiger partial charge in [-0.25, -0.2) is 9.97 Å². The van der Waals surface area contributed by atoms with Gasteiger partial charge in [-0.3, -0.25) is 9.59 Å². The maximum absolute atomic E-state index is 15.2. The Bertz CT molecular complexity index is 2520. The number of hydrogen-bond donors (Lipinski definition) is 13. The van der Waals surface area contributed by atoms with Crippen LogP contribution in [0, 0.1) is 79.3 Å². The van der Waals surface area contributed by atoms with Crippen LogP contribution in [0.4, 0.5) is 0 Å². The number of aliphatic carboxylic acids is 1. The molecule has 7 aliphatic carbocycles. The van der Waals surface area contributed by atoms with Crippen molar-refractivity contribution in [2.75, 3.05) is 19.8 Å². The highest BCUT2D eigenvalue weighted by Crippen LogP contribution is 2.81. The van der Waals surface area contributed by atoms with Crippen molar-refractivity contribution in [2.45, 2.75) is 211 Å². The van der Waals surface area contributed by atoms with Crippen LogP contribution < -0.4 is 11.1 Å². The number of carbonyl (C=O) groups is 2. The summed E-state index contributed by atoms with van der Waals surface area (Å²) in [5.74, 6) is -3.74. The van der Waals surface area contributed by atoms with Gasteiger partial charge >= 0.3 is 5.97 Å². The van der Waals surface area contributed by atoms with Gasteiger partial charge in [0.2, 0.25) is 5.91 Å². The number of rotatable bonds is 15. The highest BCUT2D eigenvalue weighted by Gasteiger charge is 2.78. The molecule has 19 heteroatoms. The Kier molecular flexibility index (Phi) is 15.3. The first kappa shape index (κ1) is 57.5. The summed E-state index contributed by atoms with van der Waals surface area (Å²) >= 11 is 0. The van der Waals surface area contributed by atoms with Crippen molar-refractivity contribution >= 4 is 11.9 Å². The molecular weight excluding hydrogens is 1010 g/mol. The molecule has 11 rings (SSSR count). The zero-order valence-corrected chi connectivity index (χ0v) is 46.9. The Morgan fingerprint density at radius 2 is 1.57 bits per heavy atom. The number of aliphatic hydroxyl groups excluding tert-OH is 8. The molecule has 1 spiro atoms. The van der Waals surface area contributed by atoms with Gasteiger partial charge in [-0.2, -0.15) is 0 Å². The minimum absolute atomic E-state index is 0.0211. The molecule has 0 radical (unpaired) electrons. The fraction of sp³-hybridized carbons (Fsp3) is 0.833. The average molecular weight is 1110 g/mol. The zero-order valence-electron chi connectivity index (χ0n) is 46.9. The molecule has 79 heavy (non-hydrogen) atoms. The number of amides is 1. The number of nitrogens with two attached hydrogens (primary N) is 1. The molecule has 0 aromatic carbocycles. The largest absolute Gasteiger partial charge is 0.481 e. The van der Waals surface area contributed by atoms with Crippen LogP contribution in [0.15, 0.2) is 36.7 Å². The molecule has 2 aliphatic heterocycles. The molecule has 2 saturated heterocycles. The molecule has 2 aromatic rings. The minimum atomic E-state index is -1.67. The molecular formula is C60H92N6O13. The maximum Gasteiger partial charge on any atom is 0.312 e. The van der Waals surface area contributed by atoms with E-state index in [1.165, 1.54) is 0 Å². The van der Waals surface area contributed by atoms with E-state index in [9.17, 15) is 50.8 Å². The van der Waals surface area contributed by atoms with Crippen molar-refractivity contribution < 1.29 is 65.0 Å². The topological polar surface area (TPSA) is 330 Å². The lowest BCUT2D eigenvalue weighted by molar-refractivity contribution is -0.351. The summed E-state index contributed by atoms with van der Waals surface area (Å²) in [5, 5.41) is 109. The Balaban J connectivity index is 1.14. The second kappa shape index (κ2) is 21.1. The Morgan fingerprint density at radius 1 is 0.848 bits per heavy atom. The fourth-order valence-corrected chi connectivity index (χ4v) is 20.8. The van der Waals surface area contributed by atoms with E-state index in [-0.39, 0.29) is 80.5 Å². The smallest absolute Gasteiger partial charge is 0.312 e. The van der Waals surface area contributed by atoms with Crippen LogP contribution in [-0.4, -0.2) is 153 Å².